The molecule has 0 saturated carbocycles. The third-order valence-corrected chi connectivity index (χ3v) is 3.07. The number of carbonyl (C=O) groups is 1. The Balaban J connectivity index is 0.00000264. The summed E-state index contributed by atoms with van der Waals surface area (Å²) < 4.78 is 11.8. The highest BCUT2D eigenvalue weighted by Crippen LogP contribution is 2.25. The van der Waals surface area contributed by atoms with Crippen molar-refractivity contribution in [3.05, 3.63) is 24.5 Å². The van der Waals surface area contributed by atoms with Crippen molar-refractivity contribution in [2.24, 2.45) is 5.73 Å². The van der Waals surface area contributed by atoms with Gasteiger partial charge in [0.05, 0.1) is 19.6 Å². The SMILES string of the molecule is COc1ccc(NC(=O)CC(CN)OC)cc1-n1cnnn1.Cl. The van der Waals surface area contributed by atoms with Crippen LogP contribution >= 0.6 is 12.4 Å². The lowest BCUT2D eigenvalue weighted by Crippen LogP contribution is -2.28. The summed E-state index contributed by atoms with van der Waals surface area (Å²) >= 11 is 0. The largest absolute Gasteiger partial charge is 0.494 e. The topological polar surface area (TPSA) is 117 Å². The van der Waals surface area contributed by atoms with Crippen LogP contribution in [0.4, 0.5) is 5.69 Å². The first-order valence-electron chi connectivity index (χ1n) is 6.62. The Bertz CT molecular complexity index is 618. The average molecular weight is 343 g/mol. The minimum Gasteiger partial charge on any atom is -0.494 e. The summed E-state index contributed by atoms with van der Waals surface area (Å²) in [4.78, 5) is 12.0. The molecule has 0 bridgehead atoms. The molecule has 0 aliphatic rings. The minimum absolute atomic E-state index is 0. The minimum atomic E-state index is -0.308. The van der Waals surface area contributed by atoms with E-state index in [9.17, 15) is 4.79 Å². The molecule has 9 nitrogen and oxygen atoms in total. The van der Waals surface area contributed by atoms with E-state index in [2.05, 4.69) is 20.8 Å². The van der Waals surface area contributed by atoms with Gasteiger partial charge in [-0.25, -0.2) is 0 Å². The van der Waals surface area contributed by atoms with Crippen LogP contribution in [-0.4, -0.2) is 53.0 Å². The maximum atomic E-state index is 12.0. The summed E-state index contributed by atoms with van der Waals surface area (Å²) in [6.45, 7) is 0.280. The Morgan fingerprint density at radius 2 is 2.22 bits per heavy atom. The van der Waals surface area contributed by atoms with Crippen molar-refractivity contribution in [2.45, 2.75) is 12.5 Å². The molecule has 1 aromatic heterocycles. The van der Waals surface area contributed by atoms with E-state index in [1.54, 1.807) is 25.3 Å². The predicted molar refractivity (Wildman–Crippen MR) is 86.1 cm³/mol. The van der Waals surface area contributed by atoms with Crippen molar-refractivity contribution in [3.8, 4) is 11.4 Å². The molecule has 2 rings (SSSR count). The number of benzene rings is 1. The summed E-state index contributed by atoms with van der Waals surface area (Å²) in [6, 6.07) is 5.18. The van der Waals surface area contributed by atoms with Gasteiger partial charge >= 0.3 is 0 Å². The number of tetrazole rings is 1. The van der Waals surface area contributed by atoms with Gasteiger partial charge in [0, 0.05) is 19.3 Å². The maximum Gasteiger partial charge on any atom is 0.227 e. The van der Waals surface area contributed by atoms with Gasteiger partial charge in [0.2, 0.25) is 5.91 Å². The molecule has 23 heavy (non-hydrogen) atoms. The zero-order chi connectivity index (χ0) is 15.9. The lowest BCUT2D eigenvalue weighted by Gasteiger charge is -2.14. The number of carbonyl (C=O) groups excluding carboxylic acids is 1. The molecule has 0 aliphatic heterocycles. The number of methoxy groups -OCH3 is 2. The van der Waals surface area contributed by atoms with Gasteiger partial charge in [0.15, 0.2) is 0 Å². The average Bonchev–Trinajstić information content (AvgIpc) is 3.06. The second-order valence-corrected chi connectivity index (χ2v) is 4.49. The molecule has 0 aliphatic carbocycles. The number of ether oxygens (including phenoxy) is 2. The molecule has 1 heterocycles. The van der Waals surface area contributed by atoms with Crippen LogP contribution in [0, 0.1) is 0 Å². The van der Waals surface area contributed by atoms with Gasteiger partial charge in [0.1, 0.15) is 17.8 Å². The molecule has 1 amide bonds. The van der Waals surface area contributed by atoms with Crippen LogP contribution in [0.15, 0.2) is 24.5 Å². The highest BCUT2D eigenvalue weighted by Gasteiger charge is 2.13. The van der Waals surface area contributed by atoms with Gasteiger partial charge in [-0.2, -0.15) is 4.68 Å². The predicted octanol–water partition coefficient (Wildman–Crippen LogP) is 0.395. The van der Waals surface area contributed by atoms with Crippen LogP contribution in [0.5, 0.6) is 5.75 Å². The number of nitrogens with two attached hydrogens (primary N) is 1. The van der Waals surface area contributed by atoms with Crippen LogP contribution in [-0.2, 0) is 9.53 Å². The molecule has 0 spiro atoms. The number of amides is 1. The summed E-state index contributed by atoms with van der Waals surface area (Å²) in [7, 11) is 3.07. The molecule has 0 saturated heterocycles. The first-order chi connectivity index (χ1) is 10.7. The van der Waals surface area contributed by atoms with Crippen molar-refractivity contribution in [1.82, 2.24) is 20.2 Å². The number of rotatable bonds is 7. The van der Waals surface area contributed by atoms with Crippen molar-refractivity contribution in [2.75, 3.05) is 26.1 Å². The summed E-state index contributed by atoms with van der Waals surface area (Å²) in [5.74, 6) is 0.396. The molecular weight excluding hydrogens is 324 g/mol. The Kier molecular flexibility index (Phi) is 7.39. The zero-order valence-corrected chi connectivity index (χ0v) is 13.6. The van der Waals surface area contributed by atoms with Gasteiger partial charge in [-0.05, 0) is 28.6 Å². The van der Waals surface area contributed by atoms with E-state index in [0.717, 1.165) is 0 Å². The first kappa shape index (κ1) is 18.8. The molecule has 0 fully saturated rings. The maximum absolute atomic E-state index is 12.0. The van der Waals surface area contributed by atoms with E-state index in [1.807, 2.05) is 0 Å². The van der Waals surface area contributed by atoms with Crippen molar-refractivity contribution >= 4 is 24.0 Å². The molecule has 1 aromatic carbocycles. The molecular formula is C13H19ClN6O3. The fourth-order valence-electron chi connectivity index (χ4n) is 1.90. The number of aromatic nitrogens is 4. The second kappa shape index (κ2) is 9.03. The van der Waals surface area contributed by atoms with E-state index in [4.69, 9.17) is 15.2 Å². The zero-order valence-electron chi connectivity index (χ0n) is 12.8. The third kappa shape index (κ3) is 4.88. The second-order valence-electron chi connectivity index (χ2n) is 4.49. The smallest absolute Gasteiger partial charge is 0.227 e. The van der Waals surface area contributed by atoms with Crippen molar-refractivity contribution in [3.63, 3.8) is 0 Å². The fraction of sp³-hybridized carbons (Fsp3) is 0.385. The highest BCUT2D eigenvalue weighted by atomic mass is 35.5. The van der Waals surface area contributed by atoms with Crippen LogP contribution in [0.1, 0.15) is 6.42 Å². The lowest BCUT2D eigenvalue weighted by atomic mass is 10.2. The van der Waals surface area contributed by atoms with Crippen molar-refractivity contribution in [1.29, 1.82) is 0 Å². The van der Waals surface area contributed by atoms with E-state index in [0.29, 0.717) is 17.1 Å². The first-order valence-corrected chi connectivity index (χ1v) is 6.62. The van der Waals surface area contributed by atoms with E-state index < -0.39 is 0 Å². The third-order valence-electron chi connectivity index (χ3n) is 3.07. The van der Waals surface area contributed by atoms with Gasteiger partial charge in [-0.1, -0.05) is 0 Å². The number of halogens is 1. The Labute approximate surface area is 139 Å². The van der Waals surface area contributed by atoms with Gasteiger partial charge in [-0.3, -0.25) is 4.79 Å². The molecule has 2 aromatic rings. The molecule has 126 valence electrons. The Morgan fingerprint density at radius 3 is 2.78 bits per heavy atom. The molecule has 1 atom stereocenters. The summed E-state index contributed by atoms with van der Waals surface area (Å²) in [5.41, 5.74) is 6.72. The number of hydrogen-bond acceptors (Lipinski definition) is 7. The van der Waals surface area contributed by atoms with Gasteiger partial charge < -0.3 is 20.5 Å². The number of hydrogen-bond donors (Lipinski definition) is 2. The van der Waals surface area contributed by atoms with Gasteiger partial charge in [0.25, 0.3) is 0 Å². The molecule has 1 unspecified atom stereocenters. The molecule has 0 radical (unpaired) electrons. The van der Waals surface area contributed by atoms with Crippen molar-refractivity contribution < 1.29 is 14.3 Å². The number of anilines is 1. The van der Waals surface area contributed by atoms with Crippen LogP contribution in [0.3, 0.4) is 0 Å². The van der Waals surface area contributed by atoms with Crippen LogP contribution < -0.4 is 15.8 Å². The van der Waals surface area contributed by atoms with Gasteiger partial charge in [-0.15, -0.1) is 17.5 Å². The van der Waals surface area contributed by atoms with Crippen LogP contribution in [0.25, 0.3) is 5.69 Å². The number of nitrogens with one attached hydrogen (secondary N) is 1. The quantitative estimate of drug-likeness (QED) is 0.747. The van der Waals surface area contributed by atoms with E-state index >= 15 is 0 Å². The number of nitrogens with zero attached hydrogens (tertiary/aromatic N) is 4. The molecule has 3 N–H and O–H groups in total. The fourth-order valence-corrected chi connectivity index (χ4v) is 1.90. The highest BCUT2D eigenvalue weighted by molar-refractivity contribution is 5.91. The Hall–Kier alpha value is -2.23. The van der Waals surface area contributed by atoms with Crippen LogP contribution in [0.2, 0.25) is 0 Å². The van der Waals surface area contributed by atoms with E-state index in [-0.39, 0.29) is 37.4 Å². The summed E-state index contributed by atoms with van der Waals surface area (Å²) in [5, 5.41) is 13.8. The monoisotopic (exact) mass is 342 g/mol. The Morgan fingerprint density at radius 1 is 1.43 bits per heavy atom. The standard InChI is InChI=1S/C13H18N6O3.ClH/c1-21-10(7-14)6-13(20)16-9-3-4-12(22-2)11(5-9)19-8-15-17-18-19;/h3-5,8,10H,6-7,14H2,1-2H3,(H,16,20);1H. The normalized spacial score (nSPS) is 11.4. The lowest BCUT2D eigenvalue weighted by molar-refractivity contribution is -0.118. The summed E-state index contributed by atoms with van der Waals surface area (Å²) in [6.07, 6.45) is 1.31. The van der Waals surface area contributed by atoms with E-state index in [1.165, 1.54) is 18.1 Å². The molecule has 10 heteroatoms.